The molecular formula is C21H27BrN3O3S+. The summed E-state index contributed by atoms with van der Waals surface area (Å²) in [5.74, 6) is -0.0741. The van der Waals surface area contributed by atoms with Crippen molar-refractivity contribution < 1.29 is 18.1 Å². The second kappa shape index (κ2) is 8.95. The number of carbonyl (C=O) groups is 1. The van der Waals surface area contributed by atoms with Crippen LogP contribution in [0.15, 0.2) is 45.8 Å². The van der Waals surface area contributed by atoms with Gasteiger partial charge in [-0.3, -0.25) is 4.79 Å². The lowest BCUT2D eigenvalue weighted by Gasteiger charge is -2.31. The van der Waals surface area contributed by atoms with E-state index in [4.69, 9.17) is 0 Å². The number of sulfonamides is 1. The molecule has 1 heterocycles. The molecule has 2 aromatic rings. The van der Waals surface area contributed by atoms with Crippen molar-refractivity contribution >= 4 is 37.5 Å². The summed E-state index contributed by atoms with van der Waals surface area (Å²) >= 11 is 3.47. The van der Waals surface area contributed by atoms with Gasteiger partial charge in [0.05, 0.1) is 36.8 Å². The molecule has 0 aromatic heterocycles. The van der Waals surface area contributed by atoms with Crippen LogP contribution in [0, 0.1) is 20.8 Å². The number of quaternary nitrogens is 1. The number of aryl methyl sites for hydroxylation is 3. The summed E-state index contributed by atoms with van der Waals surface area (Å²) in [5, 5.41) is 2.93. The van der Waals surface area contributed by atoms with Crippen LogP contribution in [-0.4, -0.2) is 51.4 Å². The van der Waals surface area contributed by atoms with Crippen LogP contribution < -0.4 is 10.2 Å². The molecule has 1 amide bonds. The van der Waals surface area contributed by atoms with Gasteiger partial charge in [-0.1, -0.05) is 12.1 Å². The number of hydrogen-bond acceptors (Lipinski definition) is 3. The molecule has 3 rings (SSSR count). The van der Waals surface area contributed by atoms with Crippen molar-refractivity contribution in [1.82, 2.24) is 4.31 Å². The van der Waals surface area contributed by atoms with E-state index in [1.807, 2.05) is 45.0 Å². The quantitative estimate of drug-likeness (QED) is 0.686. The third-order valence-electron chi connectivity index (χ3n) is 5.35. The number of piperazine rings is 1. The lowest BCUT2D eigenvalue weighted by Crippen LogP contribution is -3.15. The summed E-state index contributed by atoms with van der Waals surface area (Å²) < 4.78 is 28.2. The fraction of sp³-hybridized carbons (Fsp3) is 0.381. The maximum atomic E-state index is 12.9. The fourth-order valence-electron chi connectivity index (χ4n) is 3.39. The van der Waals surface area contributed by atoms with Crippen LogP contribution in [0.25, 0.3) is 0 Å². The van der Waals surface area contributed by atoms with Crippen molar-refractivity contribution in [2.45, 2.75) is 25.7 Å². The monoisotopic (exact) mass is 480 g/mol. The van der Waals surface area contributed by atoms with E-state index in [0.717, 1.165) is 31.8 Å². The van der Waals surface area contributed by atoms with Gasteiger partial charge >= 0.3 is 0 Å². The number of amides is 1. The van der Waals surface area contributed by atoms with Crippen molar-refractivity contribution in [3.8, 4) is 0 Å². The molecular weight excluding hydrogens is 454 g/mol. The zero-order chi connectivity index (χ0) is 21.2. The van der Waals surface area contributed by atoms with Gasteiger partial charge in [0, 0.05) is 4.47 Å². The Morgan fingerprint density at radius 2 is 1.76 bits per heavy atom. The summed E-state index contributed by atoms with van der Waals surface area (Å²) in [5.41, 5.74) is 3.90. The number of carbonyl (C=O) groups excluding carboxylic acids is 1. The maximum absolute atomic E-state index is 12.9. The molecule has 0 atom stereocenters. The van der Waals surface area contributed by atoms with Crippen molar-refractivity contribution in [1.29, 1.82) is 0 Å². The molecule has 8 heteroatoms. The number of hydrogen-bond donors (Lipinski definition) is 2. The molecule has 1 aliphatic heterocycles. The molecule has 29 heavy (non-hydrogen) atoms. The van der Waals surface area contributed by atoms with Crippen LogP contribution in [-0.2, 0) is 14.8 Å². The summed E-state index contributed by atoms with van der Waals surface area (Å²) in [6, 6.07) is 11.0. The second-order valence-electron chi connectivity index (χ2n) is 7.61. The summed E-state index contributed by atoms with van der Waals surface area (Å²) in [6.45, 7) is 8.22. The van der Waals surface area contributed by atoms with Gasteiger partial charge in [0.25, 0.3) is 5.91 Å². The Hall–Kier alpha value is -1.74. The van der Waals surface area contributed by atoms with E-state index in [9.17, 15) is 13.2 Å². The minimum absolute atomic E-state index is 0.0741. The molecule has 1 fully saturated rings. The first-order valence-corrected chi connectivity index (χ1v) is 11.9. The van der Waals surface area contributed by atoms with Crippen molar-refractivity contribution in [2.75, 3.05) is 38.0 Å². The highest BCUT2D eigenvalue weighted by atomic mass is 79.9. The number of anilines is 1. The molecule has 2 N–H and O–H groups in total. The van der Waals surface area contributed by atoms with E-state index in [-0.39, 0.29) is 5.91 Å². The summed E-state index contributed by atoms with van der Waals surface area (Å²) in [6.07, 6.45) is 0. The molecule has 0 aliphatic carbocycles. The molecule has 0 saturated carbocycles. The predicted molar refractivity (Wildman–Crippen MR) is 118 cm³/mol. The topological polar surface area (TPSA) is 70.9 Å². The molecule has 0 bridgehead atoms. The zero-order valence-electron chi connectivity index (χ0n) is 17.0. The molecule has 6 nitrogen and oxygen atoms in total. The van der Waals surface area contributed by atoms with Gasteiger partial charge in [0.15, 0.2) is 6.54 Å². The first-order valence-electron chi connectivity index (χ1n) is 9.64. The average molecular weight is 481 g/mol. The minimum Gasteiger partial charge on any atom is -0.325 e. The lowest BCUT2D eigenvalue weighted by atomic mass is 10.1. The Labute approximate surface area is 181 Å². The molecule has 0 radical (unpaired) electrons. The van der Waals surface area contributed by atoms with Crippen LogP contribution in [0.5, 0.6) is 0 Å². The highest BCUT2D eigenvalue weighted by Gasteiger charge is 2.31. The van der Waals surface area contributed by atoms with Crippen LogP contribution in [0.3, 0.4) is 0 Å². The van der Waals surface area contributed by atoms with E-state index < -0.39 is 10.0 Å². The first-order chi connectivity index (χ1) is 13.7. The van der Waals surface area contributed by atoms with Crippen LogP contribution in [0.2, 0.25) is 0 Å². The molecule has 0 spiro atoms. The average Bonchev–Trinajstić information content (AvgIpc) is 2.66. The first kappa shape index (κ1) is 22.0. The van der Waals surface area contributed by atoms with Gasteiger partial charge in [0.1, 0.15) is 0 Å². The number of nitrogens with one attached hydrogen (secondary N) is 2. The SMILES string of the molecule is Cc1ccc(NC(=O)C[NH+]2CCN(S(=O)(=O)c3ccc(C)c(C)c3)CC2)c(Br)c1. The van der Waals surface area contributed by atoms with Crippen LogP contribution in [0.1, 0.15) is 16.7 Å². The van der Waals surface area contributed by atoms with Gasteiger partial charge in [0.2, 0.25) is 10.0 Å². The maximum Gasteiger partial charge on any atom is 0.279 e. The Kier molecular flexibility index (Phi) is 6.78. The summed E-state index contributed by atoms with van der Waals surface area (Å²) in [7, 11) is -3.50. The van der Waals surface area contributed by atoms with Gasteiger partial charge in [-0.05, 0) is 77.7 Å². The van der Waals surface area contributed by atoms with Gasteiger partial charge in [-0.2, -0.15) is 4.31 Å². The largest absolute Gasteiger partial charge is 0.325 e. The van der Waals surface area contributed by atoms with Crippen LogP contribution >= 0.6 is 15.9 Å². The van der Waals surface area contributed by atoms with E-state index in [2.05, 4.69) is 21.2 Å². The molecule has 156 valence electrons. The van der Waals surface area contributed by atoms with E-state index in [1.165, 1.54) is 4.31 Å². The smallest absolute Gasteiger partial charge is 0.279 e. The summed E-state index contributed by atoms with van der Waals surface area (Å²) in [4.78, 5) is 13.8. The van der Waals surface area contributed by atoms with Crippen LogP contribution in [0.4, 0.5) is 5.69 Å². The molecule has 0 unspecified atom stereocenters. The third kappa shape index (κ3) is 5.25. The Morgan fingerprint density at radius 3 is 2.38 bits per heavy atom. The lowest BCUT2D eigenvalue weighted by molar-refractivity contribution is -0.895. The molecule has 1 saturated heterocycles. The number of halogens is 1. The van der Waals surface area contributed by atoms with Crippen molar-refractivity contribution in [3.63, 3.8) is 0 Å². The Bertz CT molecular complexity index is 1020. The normalized spacial score (nSPS) is 16.0. The zero-order valence-corrected chi connectivity index (χ0v) is 19.4. The minimum atomic E-state index is -3.50. The number of benzene rings is 2. The molecule has 2 aromatic carbocycles. The van der Waals surface area contributed by atoms with E-state index in [1.54, 1.807) is 12.1 Å². The highest BCUT2D eigenvalue weighted by molar-refractivity contribution is 9.10. The Morgan fingerprint density at radius 1 is 1.07 bits per heavy atom. The van der Waals surface area contributed by atoms with Gasteiger partial charge < -0.3 is 10.2 Å². The molecule has 1 aliphatic rings. The second-order valence-corrected chi connectivity index (χ2v) is 10.4. The van der Waals surface area contributed by atoms with E-state index in [0.29, 0.717) is 37.6 Å². The van der Waals surface area contributed by atoms with Gasteiger partial charge in [-0.15, -0.1) is 0 Å². The van der Waals surface area contributed by atoms with Crippen molar-refractivity contribution in [3.05, 3.63) is 57.6 Å². The van der Waals surface area contributed by atoms with E-state index >= 15 is 0 Å². The number of rotatable bonds is 5. The number of nitrogens with zero attached hydrogens (tertiary/aromatic N) is 1. The van der Waals surface area contributed by atoms with Gasteiger partial charge in [-0.25, -0.2) is 8.42 Å². The standard InChI is InChI=1S/C21H26BrN3O3S/c1-15-4-7-20(19(22)12-15)23-21(26)14-24-8-10-25(11-9-24)29(27,28)18-6-5-16(2)17(3)13-18/h4-7,12-13H,8-11,14H2,1-3H3,(H,23,26)/p+1. The highest BCUT2D eigenvalue weighted by Crippen LogP contribution is 2.23. The van der Waals surface area contributed by atoms with Crippen molar-refractivity contribution in [2.24, 2.45) is 0 Å². The third-order valence-corrected chi connectivity index (χ3v) is 7.91. The predicted octanol–water partition coefficient (Wildman–Crippen LogP) is 1.90. The fourth-order valence-corrected chi connectivity index (χ4v) is 5.51. The Balaban J connectivity index is 1.57.